The first-order valence-electron chi connectivity index (χ1n) is 6.11. The van der Waals surface area contributed by atoms with Gasteiger partial charge in [0.2, 0.25) is 0 Å². The minimum Gasteiger partial charge on any atom is -0.397 e. The van der Waals surface area contributed by atoms with Gasteiger partial charge in [-0.1, -0.05) is 0 Å². The van der Waals surface area contributed by atoms with Gasteiger partial charge in [0, 0.05) is 25.3 Å². The number of halogens is 7. The van der Waals surface area contributed by atoms with E-state index in [0.717, 1.165) is 0 Å². The van der Waals surface area contributed by atoms with Crippen molar-refractivity contribution in [1.82, 2.24) is 14.8 Å². The zero-order valence-corrected chi connectivity index (χ0v) is 13.7. The topological polar surface area (TPSA) is 101 Å². The quantitative estimate of drug-likeness (QED) is 0.247. The smallest absolute Gasteiger partial charge is 0.397 e. The van der Waals surface area contributed by atoms with Gasteiger partial charge in [-0.2, -0.15) is 5.10 Å². The summed E-state index contributed by atoms with van der Waals surface area (Å²) in [5.74, 6) is -0.549. The van der Waals surface area contributed by atoms with E-state index in [-0.39, 0.29) is 23.8 Å². The number of pyridine rings is 1. The normalized spacial score (nSPS) is 10.2. The summed E-state index contributed by atoms with van der Waals surface area (Å²) in [4.78, 5) is 18.2. The number of nitrogens with zero attached hydrogens (tertiary/aromatic N) is 3. The van der Waals surface area contributed by atoms with Crippen LogP contribution in [0.1, 0.15) is 10.5 Å². The second kappa shape index (κ2) is 11.9. The van der Waals surface area contributed by atoms with Crippen LogP contribution in [0.5, 0.6) is 5.75 Å². The van der Waals surface area contributed by atoms with E-state index in [9.17, 15) is 18.0 Å². The van der Waals surface area contributed by atoms with E-state index in [1.54, 1.807) is 7.05 Å². The van der Waals surface area contributed by atoms with Gasteiger partial charge in [-0.3, -0.25) is 14.5 Å². The molecule has 0 aliphatic rings. The fraction of sp³-hybridized carbons (Fsp3) is 0.182. The van der Waals surface area contributed by atoms with Crippen molar-refractivity contribution in [3.63, 3.8) is 0 Å². The lowest BCUT2D eigenvalue weighted by atomic mass is 10.2. The molecule has 0 spiro atoms. The summed E-state index contributed by atoms with van der Waals surface area (Å²) in [5, 5.41) is 3.92. The summed E-state index contributed by atoms with van der Waals surface area (Å²) in [6.07, 6.45) is -3.67. The summed E-state index contributed by atoms with van der Waals surface area (Å²) >= 11 is -0.0149. The van der Waals surface area contributed by atoms with Gasteiger partial charge in [0.25, 0.3) is 18.2 Å². The molecule has 0 atom stereocenters. The van der Waals surface area contributed by atoms with E-state index >= 15 is 0 Å². The number of aromatic nitrogens is 3. The molecule has 0 fully saturated rings. The Labute approximate surface area is 150 Å². The average Bonchev–Trinajstić information content (AvgIpc) is 3.04. The maximum atomic E-state index is 11.6. The first kappa shape index (κ1) is 24.4. The van der Waals surface area contributed by atoms with Crippen molar-refractivity contribution in [2.24, 2.45) is 12.8 Å². The first-order valence-corrected chi connectivity index (χ1v) is 6.77. The molecule has 0 bridgehead atoms. The van der Waals surface area contributed by atoms with E-state index in [1.807, 2.05) is 0 Å². The predicted octanol–water partition coefficient (Wildman–Crippen LogP) is 3.67. The third-order valence-electron chi connectivity index (χ3n) is 2.42. The number of rotatable bonds is 6. The lowest BCUT2D eigenvalue weighted by molar-refractivity contribution is -0.441. The Morgan fingerprint density at radius 2 is 1.85 bits per heavy atom. The number of primary amides is 1. The lowest BCUT2D eigenvalue weighted by Gasteiger charge is -2.05. The molecule has 0 aliphatic carbocycles. The van der Waals surface area contributed by atoms with Crippen LogP contribution in [0.15, 0.2) is 24.4 Å². The summed E-state index contributed by atoms with van der Waals surface area (Å²) in [5.41, 5.74) is 6.19. The monoisotopic (exact) mass is 426 g/mol. The molecule has 0 aliphatic heterocycles. The molecule has 0 radical (unpaired) electrons. The van der Waals surface area contributed by atoms with E-state index in [2.05, 4.69) is 19.3 Å². The van der Waals surface area contributed by atoms with Gasteiger partial charge in [0.1, 0.15) is 0 Å². The SMILES string of the molecule is Cn1nc(C(N)=O)cc1-c1ccc(OSOOC(F)(F)F)cn1.FF.FF. The van der Waals surface area contributed by atoms with Crippen molar-refractivity contribution in [3.05, 3.63) is 30.1 Å². The Morgan fingerprint density at radius 3 is 2.30 bits per heavy atom. The van der Waals surface area contributed by atoms with E-state index in [0.29, 0.717) is 11.4 Å². The van der Waals surface area contributed by atoms with Crippen molar-refractivity contribution in [1.29, 1.82) is 0 Å². The van der Waals surface area contributed by atoms with Gasteiger partial charge in [0.05, 0.1) is 17.6 Å². The Bertz CT molecular complexity index is 699. The number of nitrogens with two attached hydrogens (primary N) is 1. The van der Waals surface area contributed by atoms with Crippen molar-refractivity contribution in [3.8, 4) is 17.1 Å². The van der Waals surface area contributed by atoms with Crippen molar-refractivity contribution < 1.29 is 49.7 Å². The van der Waals surface area contributed by atoms with Crippen LogP contribution in [0.4, 0.5) is 31.5 Å². The number of carbonyl (C=O) groups is 1. The highest BCUT2D eigenvalue weighted by Crippen LogP contribution is 2.24. The minimum absolute atomic E-state index is 0.0149. The van der Waals surface area contributed by atoms with Gasteiger partial charge in [-0.25, -0.2) is 0 Å². The molecule has 0 aromatic carbocycles. The third kappa shape index (κ3) is 8.56. The molecule has 0 unspecified atom stereocenters. The molecule has 16 heteroatoms. The van der Waals surface area contributed by atoms with Gasteiger partial charge < -0.3 is 9.92 Å². The molecule has 152 valence electrons. The van der Waals surface area contributed by atoms with Crippen LogP contribution in [0.3, 0.4) is 0 Å². The average molecular weight is 426 g/mol. The highest BCUT2D eigenvalue weighted by atomic mass is 32.2. The zero-order valence-electron chi connectivity index (χ0n) is 12.9. The highest BCUT2D eigenvalue weighted by molar-refractivity contribution is 7.90. The summed E-state index contributed by atoms with van der Waals surface area (Å²) in [6.45, 7) is 0. The summed E-state index contributed by atoms with van der Waals surface area (Å²) in [6, 6.07) is 4.41. The number of aryl methyl sites for hydroxylation is 1. The van der Waals surface area contributed by atoms with Gasteiger partial charge in [0.15, 0.2) is 11.4 Å². The Balaban J connectivity index is 0.00000158. The molecule has 1 amide bonds. The summed E-state index contributed by atoms with van der Waals surface area (Å²) < 4.78 is 76.9. The van der Waals surface area contributed by atoms with Crippen molar-refractivity contribution >= 4 is 18.2 Å². The van der Waals surface area contributed by atoms with Crippen molar-refractivity contribution in [2.75, 3.05) is 0 Å². The fourth-order valence-corrected chi connectivity index (χ4v) is 1.82. The standard InChI is InChI=1S/C11H9F3N4O4S.2F2/c1-18-9(4-8(17-18)10(15)19)7-3-2-6(5-16-7)20-23-22-21-11(12,13)14;2*1-2/h2-5H,1H3,(H2,15,19);;. The molecule has 2 aromatic heterocycles. The van der Waals surface area contributed by atoms with Gasteiger partial charge in [-0.05, 0) is 18.2 Å². The van der Waals surface area contributed by atoms with Crippen LogP contribution >= 0.6 is 12.3 Å². The molecule has 2 rings (SSSR count). The van der Waals surface area contributed by atoms with E-state index < -0.39 is 12.3 Å². The number of amides is 1. The fourth-order valence-electron chi connectivity index (χ4n) is 1.51. The maximum Gasteiger partial charge on any atom is 0.550 e. The zero-order chi connectivity index (χ0) is 21.0. The second-order valence-corrected chi connectivity index (χ2v) is 4.47. The number of alkyl halides is 3. The Morgan fingerprint density at radius 1 is 1.22 bits per heavy atom. The number of hydrogen-bond donors (Lipinski definition) is 1. The second-order valence-electron chi connectivity index (χ2n) is 4.03. The van der Waals surface area contributed by atoms with Crippen LogP contribution in [0, 0.1) is 0 Å². The lowest BCUT2D eigenvalue weighted by Crippen LogP contribution is -2.11. The van der Waals surface area contributed by atoms with Crippen LogP contribution in [0.2, 0.25) is 0 Å². The molecule has 2 heterocycles. The molecule has 2 N–H and O–H groups in total. The van der Waals surface area contributed by atoms with Gasteiger partial charge in [-0.15, -0.1) is 22.4 Å². The molecule has 2 aromatic rings. The highest BCUT2D eigenvalue weighted by Gasteiger charge is 2.31. The molecule has 0 saturated heterocycles. The largest absolute Gasteiger partial charge is 0.550 e. The summed E-state index contributed by atoms with van der Waals surface area (Å²) in [7, 11) is 1.60. The van der Waals surface area contributed by atoms with Gasteiger partial charge >= 0.3 is 6.36 Å². The minimum atomic E-state index is -4.92. The molecule has 27 heavy (non-hydrogen) atoms. The van der Waals surface area contributed by atoms with E-state index in [1.165, 1.54) is 29.1 Å². The third-order valence-corrected chi connectivity index (χ3v) is 2.80. The van der Waals surface area contributed by atoms with Crippen LogP contribution in [0.25, 0.3) is 11.4 Å². The van der Waals surface area contributed by atoms with Crippen molar-refractivity contribution in [2.45, 2.75) is 6.36 Å². The number of carbonyl (C=O) groups excluding carboxylic acids is 1. The Hall–Kier alpha value is -2.59. The Kier molecular flexibility index (Phi) is 10.8. The molecule has 0 saturated carbocycles. The predicted molar refractivity (Wildman–Crippen MR) is 75.8 cm³/mol. The first-order chi connectivity index (χ1) is 12.8. The van der Waals surface area contributed by atoms with Crippen LogP contribution in [-0.2, 0) is 16.3 Å². The van der Waals surface area contributed by atoms with Crippen LogP contribution < -0.4 is 9.92 Å². The van der Waals surface area contributed by atoms with E-state index in [4.69, 9.17) is 28.2 Å². The molecular formula is C11H9F7N4O4S. The molecular weight excluding hydrogens is 417 g/mol. The number of hydrogen-bond acceptors (Lipinski definition) is 7. The molecule has 8 nitrogen and oxygen atoms in total. The van der Waals surface area contributed by atoms with Crippen LogP contribution in [-0.4, -0.2) is 27.0 Å². The maximum absolute atomic E-state index is 11.6.